The zero-order valence-corrected chi connectivity index (χ0v) is 10.6. The lowest BCUT2D eigenvalue weighted by Crippen LogP contribution is -2.29. The molecule has 1 aromatic heterocycles. The van der Waals surface area contributed by atoms with E-state index in [-0.39, 0.29) is 5.82 Å². The number of carbonyl (C=O) groups is 1. The van der Waals surface area contributed by atoms with Gasteiger partial charge < -0.3 is 10.6 Å². The summed E-state index contributed by atoms with van der Waals surface area (Å²) in [6, 6.07) is 0. The Labute approximate surface area is 108 Å². The van der Waals surface area contributed by atoms with Crippen LogP contribution in [0, 0.1) is 10.1 Å². The molecule has 0 saturated carbocycles. The number of nitro groups is 1. The van der Waals surface area contributed by atoms with Gasteiger partial charge in [-0.2, -0.15) is 4.98 Å². The second-order valence-corrected chi connectivity index (χ2v) is 3.91. The van der Waals surface area contributed by atoms with E-state index in [9.17, 15) is 14.9 Å². The van der Waals surface area contributed by atoms with Crippen LogP contribution in [-0.4, -0.2) is 39.3 Å². The molecule has 1 rings (SSSR count). The lowest BCUT2D eigenvalue weighted by molar-refractivity contribution is -0.384. The molecule has 1 heterocycles. The Bertz CT molecular complexity index is 470. The van der Waals surface area contributed by atoms with Gasteiger partial charge in [-0.3, -0.25) is 14.9 Å². The summed E-state index contributed by atoms with van der Waals surface area (Å²) in [5.41, 5.74) is 4.80. The van der Waals surface area contributed by atoms with Crippen LogP contribution in [0.15, 0.2) is 0 Å². The van der Waals surface area contributed by atoms with Crippen molar-refractivity contribution < 1.29 is 9.72 Å². The molecular weight excluding hydrogens is 262 g/mol. The van der Waals surface area contributed by atoms with E-state index in [1.54, 1.807) is 7.05 Å². The first-order valence-corrected chi connectivity index (χ1v) is 5.49. The van der Waals surface area contributed by atoms with Crippen LogP contribution in [0.2, 0.25) is 5.15 Å². The number of hydrogen-bond donors (Lipinski definition) is 1. The minimum absolute atomic E-state index is 0.251. The van der Waals surface area contributed by atoms with Crippen molar-refractivity contribution >= 4 is 29.0 Å². The molecule has 0 radical (unpaired) electrons. The predicted octanol–water partition coefficient (Wildman–Crippen LogP) is 1.10. The summed E-state index contributed by atoms with van der Waals surface area (Å²) in [5, 5.41) is 10.2. The molecular formula is C9H12ClN5O3. The number of amides is 1. The molecule has 1 aromatic rings. The fourth-order valence-corrected chi connectivity index (χ4v) is 1.56. The molecule has 9 heteroatoms. The third kappa shape index (κ3) is 2.83. The maximum Gasteiger partial charge on any atom is 0.348 e. The van der Waals surface area contributed by atoms with E-state index in [0.717, 1.165) is 6.42 Å². The molecule has 0 unspecified atom stereocenters. The van der Waals surface area contributed by atoms with Gasteiger partial charge in [-0.1, -0.05) is 18.5 Å². The van der Waals surface area contributed by atoms with Gasteiger partial charge in [0.1, 0.15) is 0 Å². The van der Waals surface area contributed by atoms with Crippen molar-refractivity contribution in [3.63, 3.8) is 0 Å². The standard InChI is InChI=1S/C9H12ClN5O3/c1-3-4-14(2)9(16)8-12-6(10)5(15(17)18)7(11)13-8/h3-4H2,1-2H3,(H2,11,12,13). The molecule has 0 aliphatic carbocycles. The number of hydrogen-bond acceptors (Lipinski definition) is 6. The number of aromatic nitrogens is 2. The van der Waals surface area contributed by atoms with E-state index >= 15 is 0 Å². The van der Waals surface area contributed by atoms with E-state index in [1.807, 2.05) is 6.92 Å². The van der Waals surface area contributed by atoms with Crippen molar-refractivity contribution in [2.24, 2.45) is 0 Å². The molecule has 8 nitrogen and oxygen atoms in total. The molecule has 0 spiro atoms. The Morgan fingerprint density at radius 1 is 1.56 bits per heavy atom. The fourth-order valence-electron chi connectivity index (χ4n) is 1.32. The maximum atomic E-state index is 11.8. The number of nitrogens with zero attached hydrogens (tertiary/aromatic N) is 4. The largest absolute Gasteiger partial charge is 0.378 e. The predicted molar refractivity (Wildman–Crippen MR) is 65.4 cm³/mol. The molecule has 0 bridgehead atoms. The van der Waals surface area contributed by atoms with Gasteiger partial charge in [-0.15, -0.1) is 0 Å². The topological polar surface area (TPSA) is 115 Å². The Balaban J connectivity index is 3.14. The van der Waals surface area contributed by atoms with E-state index < -0.39 is 27.5 Å². The number of anilines is 1. The summed E-state index contributed by atoms with van der Waals surface area (Å²) >= 11 is 5.61. The van der Waals surface area contributed by atoms with Crippen LogP contribution in [0.3, 0.4) is 0 Å². The molecule has 0 aliphatic heterocycles. The van der Waals surface area contributed by atoms with E-state index in [2.05, 4.69) is 9.97 Å². The van der Waals surface area contributed by atoms with Crippen LogP contribution in [-0.2, 0) is 0 Å². The average Bonchev–Trinajstić information content (AvgIpc) is 2.26. The van der Waals surface area contributed by atoms with Crippen molar-refractivity contribution in [2.75, 3.05) is 19.3 Å². The first kappa shape index (κ1) is 14.1. The monoisotopic (exact) mass is 273 g/mol. The highest BCUT2D eigenvalue weighted by atomic mass is 35.5. The number of carbonyl (C=O) groups excluding carboxylic acids is 1. The highest BCUT2D eigenvalue weighted by Crippen LogP contribution is 2.27. The number of nitrogen functional groups attached to an aromatic ring is 1. The van der Waals surface area contributed by atoms with Gasteiger partial charge in [-0.25, -0.2) is 4.98 Å². The first-order chi connectivity index (χ1) is 8.38. The SMILES string of the molecule is CCCN(C)C(=O)c1nc(N)c([N+](=O)[O-])c(Cl)n1. The number of rotatable bonds is 4. The van der Waals surface area contributed by atoms with Gasteiger partial charge in [-0.05, 0) is 6.42 Å². The maximum absolute atomic E-state index is 11.8. The second kappa shape index (κ2) is 5.58. The number of nitrogens with two attached hydrogens (primary N) is 1. The Morgan fingerprint density at radius 3 is 2.61 bits per heavy atom. The van der Waals surface area contributed by atoms with Gasteiger partial charge in [0.2, 0.25) is 16.8 Å². The minimum atomic E-state index is -0.790. The lowest BCUT2D eigenvalue weighted by atomic mass is 10.4. The van der Waals surface area contributed by atoms with Crippen LogP contribution >= 0.6 is 11.6 Å². The third-order valence-electron chi connectivity index (χ3n) is 2.15. The van der Waals surface area contributed by atoms with Crippen LogP contribution in [0.5, 0.6) is 0 Å². The molecule has 0 saturated heterocycles. The van der Waals surface area contributed by atoms with Gasteiger partial charge in [0.25, 0.3) is 5.91 Å². The van der Waals surface area contributed by atoms with Crippen molar-refractivity contribution in [3.05, 3.63) is 21.1 Å². The average molecular weight is 274 g/mol. The van der Waals surface area contributed by atoms with Crippen LogP contribution in [0.4, 0.5) is 11.5 Å². The van der Waals surface area contributed by atoms with Crippen molar-refractivity contribution in [1.29, 1.82) is 0 Å². The normalized spacial score (nSPS) is 10.2. The Hall–Kier alpha value is -1.96. The van der Waals surface area contributed by atoms with Crippen LogP contribution in [0.1, 0.15) is 24.0 Å². The summed E-state index contributed by atoms with van der Waals surface area (Å²) in [6.45, 7) is 2.42. The van der Waals surface area contributed by atoms with Gasteiger partial charge in [0.15, 0.2) is 0 Å². The second-order valence-electron chi connectivity index (χ2n) is 3.56. The Kier molecular flexibility index (Phi) is 4.38. The molecule has 18 heavy (non-hydrogen) atoms. The summed E-state index contributed by atoms with van der Waals surface area (Å²) in [5.74, 6) is -1.16. The minimum Gasteiger partial charge on any atom is -0.378 e. The highest BCUT2D eigenvalue weighted by molar-refractivity contribution is 6.32. The summed E-state index contributed by atoms with van der Waals surface area (Å²) < 4.78 is 0. The zero-order chi connectivity index (χ0) is 13.9. The van der Waals surface area contributed by atoms with Crippen molar-refractivity contribution in [1.82, 2.24) is 14.9 Å². The van der Waals surface area contributed by atoms with E-state index in [4.69, 9.17) is 17.3 Å². The van der Waals surface area contributed by atoms with E-state index in [0.29, 0.717) is 6.54 Å². The van der Waals surface area contributed by atoms with Gasteiger partial charge >= 0.3 is 5.69 Å². The third-order valence-corrected chi connectivity index (χ3v) is 2.41. The smallest absolute Gasteiger partial charge is 0.348 e. The molecule has 0 aromatic carbocycles. The molecule has 1 amide bonds. The van der Waals surface area contributed by atoms with E-state index in [1.165, 1.54) is 4.90 Å². The lowest BCUT2D eigenvalue weighted by Gasteiger charge is -2.14. The Morgan fingerprint density at radius 2 is 2.17 bits per heavy atom. The molecule has 2 N–H and O–H groups in total. The van der Waals surface area contributed by atoms with Gasteiger partial charge in [0, 0.05) is 13.6 Å². The number of halogens is 1. The molecule has 0 aliphatic rings. The quantitative estimate of drug-likeness (QED) is 0.499. The highest BCUT2D eigenvalue weighted by Gasteiger charge is 2.25. The fraction of sp³-hybridized carbons (Fsp3) is 0.444. The first-order valence-electron chi connectivity index (χ1n) is 5.11. The van der Waals surface area contributed by atoms with Gasteiger partial charge in [0.05, 0.1) is 4.92 Å². The molecule has 0 atom stereocenters. The van der Waals surface area contributed by atoms with Crippen LogP contribution < -0.4 is 5.73 Å². The molecule has 0 fully saturated rings. The zero-order valence-electron chi connectivity index (χ0n) is 9.88. The summed E-state index contributed by atoms with van der Waals surface area (Å²) in [4.78, 5) is 30.3. The molecule has 98 valence electrons. The summed E-state index contributed by atoms with van der Waals surface area (Å²) in [7, 11) is 1.57. The summed E-state index contributed by atoms with van der Waals surface area (Å²) in [6.07, 6.45) is 0.762. The van der Waals surface area contributed by atoms with Crippen molar-refractivity contribution in [3.8, 4) is 0 Å². The van der Waals surface area contributed by atoms with Crippen LogP contribution in [0.25, 0.3) is 0 Å². The van der Waals surface area contributed by atoms with Crippen molar-refractivity contribution in [2.45, 2.75) is 13.3 Å².